The minimum Gasteiger partial charge on any atom is -0.324 e. The average molecular weight is 566 g/mol. The molecule has 1 aliphatic heterocycles. The fourth-order valence-electron chi connectivity index (χ4n) is 4.30. The highest BCUT2D eigenvalue weighted by Gasteiger charge is 2.28. The lowest BCUT2D eigenvalue weighted by atomic mass is 10.2. The van der Waals surface area contributed by atoms with Crippen molar-refractivity contribution in [3.63, 3.8) is 0 Å². The van der Waals surface area contributed by atoms with Crippen LogP contribution in [0.2, 0.25) is 0 Å². The Labute approximate surface area is 230 Å². The third-order valence-corrected chi connectivity index (χ3v) is 9.78. The molecule has 1 aromatic heterocycles. The maximum Gasteiger partial charge on any atom is 0.243 e. The van der Waals surface area contributed by atoms with E-state index in [9.17, 15) is 13.2 Å². The molecule has 2 heterocycles. The molecule has 1 saturated heterocycles. The monoisotopic (exact) mass is 565 g/mol. The van der Waals surface area contributed by atoms with Crippen LogP contribution < -0.4 is 5.32 Å². The lowest BCUT2D eigenvalue weighted by Crippen LogP contribution is -2.27. The topological polar surface area (TPSA) is 97.2 Å². The number of benzene rings is 3. The molecule has 1 N–H and O–H groups in total. The van der Waals surface area contributed by atoms with Gasteiger partial charge in [0.2, 0.25) is 15.9 Å². The number of anilines is 1. The van der Waals surface area contributed by atoms with Gasteiger partial charge in [0.25, 0.3) is 0 Å². The van der Waals surface area contributed by atoms with Crippen LogP contribution >= 0.6 is 23.5 Å². The third-order valence-electron chi connectivity index (χ3n) is 6.16. The Hall–Kier alpha value is -3.12. The summed E-state index contributed by atoms with van der Waals surface area (Å²) in [6, 6.07) is 24.1. The van der Waals surface area contributed by atoms with E-state index in [1.165, 1.54) is 16.1 Å². The molecule has 3 aromatic carbocycles. The molecule has 5 rings (SSSR count). The Morgan fingerprint density at radius 2 is 1.68 bits per heavy atom. The van der Waals surface area contributed by atoms with Crippen LogP contribution in [0.4, 0.5) is 5.69 Å². The summed E-state index contributed by atoms with van der Waals surface area (Å²) in [4.78, 5) is 14.0. The lowest BCUT2D eigenvalue weighted by molar-refractivity contribution is -0.113. The van der Waals surface area contributed by atoms with Gasteiger partial charge in [-0.25, -0.2) is 8.42 Å². The van der Waals surface area contributed by atoms with Gasteiger partial charge in [0.15, 0.2) is 11.0 Å². The van der Waals surface area contributed by atoms with Gasteiger partial charge in [-0.3, -0.25) is 9.36 Å². The number of carbonyl (C=O) groups excluding carboxylic acids is 1. The van der Waals surface area contributed by atoms with E-state index >= 15 is 0 Å². The summed E-state index contributed by atoms with van der Waals surface area (Å²) in [5.41, 5.74) is 2.22. The Kier molecular flexibility index (Phi) is 8.18. The number of nitrogens with one attached hydrogen (secondary N) is 1. The first kappa shape index (κ1) is 26.5. The minimum atomic E-state index is -3.58. The number of nitrogens with zero attached hydrogens (tertiary/aromatic N) is 4. The summed E-state index contributed by atoms with van der Waals surface area (Å²) in [6.07, 6.45) is 3.71. The van der Waals surface area contributed by atoms with E-state index in [0.717, 1.165) is 29.1 Å². The van der Waals surface area contributed by atoms with Crippen molar-refractivity contribution in [1.29, 1.82) is 0 Å². The van der Waals surface area contributed by atoms with E-state index < -0.39 is 10.0 Å². The fourth-order valence-corrected chi connectivity index (χ4v) is 7.17. The number of thioether (sulfide) groups is 2. The number of rotatable bonds is 9. The molecule has 4 aromatic rings. The highest BCUT2D eigenvalue weighted by molar-refractivity contribution is 7.99. The van der Waals surface area contributed by atoms with Gasteiger partial charge in [-0.2, -0.15) is 4.31 Å². The largest absolute Gasteiger partial charge is 0.324 e. The Bertz CT molecular complexity index is 1530. The summed E-state index contributed by atoms with van der Waals surface area (Å²) in [6.45, 7) is 1.08. The van der Waals surface area contributed by atoms with E-state index in [2.05, 4.69) is 15.5 Å². The van der Waals surface area contributed by atoms with Crippen LogP contribution in [-0.4, -0.2) is 58.5 Å². The molecule has 1 amide bonds. The van der Waals surface area contributed by atoms with Crippen molar-refractivity contribution in [2.45, 2.75) is 27.8 Å². The van der Waals surface area contributed by atoms with Gasteiger partial charge in [-0.05, 0) is 55.5 Å². The zero-order chi connectivity index (χ0) is 26.5. The summed E-state index contributed by atoms with van der Waals surface area (Å²) in [5, 5.41) is 12.3. The Balaban J connectivity index is 1.44. The summed E-state index contributed by atoms with van der Waals surface area (Å²) >= 11 is 2.84. The van der Waals surface area contributed by atoms with E-state index in [4.69, 9.17) is 0 Å². The Morgan fingerprint density at radius 1 is 0.947 bits per heavy atom. The van der Waals surface area contributed by atoms with Crippen molar-refractivity contribution in [2.24, 2.45) is 0 Å². The highest BCUT2D eigenvalue weighted by Crippen LogP contribution is 2.31. The van der Waals surface area contributed by atoms with Crippen LogP contribution in [0.25, 0.3) is 17.1 Å². The van der Waals surface area contributed by atoms with E-state index in [1.807, 2.05) is 71.5 Å². The Morgan fingerprint density at radius 3 is 2.45 bits per heavy atom. The molecule has 11 heteroatoms. The molecule has 0 unspecified atom stereocenters. The van der Waals surface area contributed by atoms with Crippen LogP contribution in [0.15, 0.2) is 93.8 Å². The standard InChI is InChI=1S/C27H27N5O3S3/c1-36-24-15-6-5-14-23(24)28-25(33)19-37-27-30-29-26(32(27)21-11-3-2-4-12-21)20-10-9-13-22(18-20)38(34,35)31-16-7-8-17-31/h2-6,9-15,18H,7-8,16-17,19H2,1H3,(H,28,33). The number of hydrogen-bond donors (Lipinski definition) is 1. The predicted octanol–water partition coefficient (Wildman–Crippen LogP) is 5.17. The lowest BCUT2D eigenvalue weighted by Gasteiger charge is -2.16. The molecule has 0 saturated carbocycles. The van der Waals surface area contributed by atoms with Crippen molar-refractivity contribution in [2.75, 3.05) is 30.4 Å². The molecule has 0 atom stereocenters. The number of amides is 1. The van der Waals surface area contributed by atoms with Gasteiger partial charge in [0.1, 0.15) is 0 Å². The molecule has 1 fully saturated rings. The number of para-hydroxylation sites is 2. The van der Waals surface area contributed by atoms with Gasteiger partial charge < -0.3 is 5.32 Å². The molecule has 8 nitrogen and oxygen atoms in total. The van der Waals surface area contributed by atoms with Gasteiger partial charge in [0, 0.05) is 29.2 Å². The SMILES string of the molecule is CSc1ccccc1NC(=O)CSc1nnc(-c2cccc(S(=O)(=O)N3CCCC3)c2)n1-c1ccccc1. The zero-order valence-electron chi connectivity index (χ0n) is 20.8. The van der Waals surface area contributed by atoms with Gasteiger partial charge in [-0.15, -0.1) is 22.0 Å². The van der Waals surface area contributed by atoms with Crippen LogP contribution in [0.3, 0.4) is 0 Å². The molecule has 38 heavy (non-hydrogen) atoms. The van der Waals surface area contributed by atoms with Gasteiger partial charge in [-0.1, -0.05) is 54.2 Å². The van der Waals surface area contributed by atoms with Crippen LogP contribution in [0.1, 0.15) is 12.8 Å². The molecular formula is C27H27N5O3S3. The summed E-state index contributed by atoms with van der Waals surface area (Å²) < 4.78 is 29.8. The first-order valence-corrected chi connectivity index (χ1v) is 15.8. The van der Waals surface area contributed by atoms with Crippen LogP contribution in [0, 0.1) is 0 Å². The quantitative estimate of drug-likeness (QED) is 0.280. The smallest absolute Gasteiger partial charge is 0.243 e. The number of aromatic nitrogens is 3. The van der Waals surface area contributed by atoms with Gasteiger partial charge in [0.05, 0.1) is 16.3 Å². The molecule has 0 spiro atoms. The minimum absolute atomic E-state index is 0.136. The van der Waals surface area contributed by atoms with Crippen molar-refractivity contribution in [1.82, 2.24) is 19.1 Å². The second-order valence-electron chi connectivity index (χ2n) is 8.65. The van der Waals surface area contributed by atoms with Crippen molar-refractivity contribution >= 4 is 45.1 Å². The van der Waals surface area contributed by atoms with E-state index in [1.54, 1.807) is 30.0 Å². The molecule has 0 aliphatic carbocycles. The maximum atomic E-state index is 13.2. The fraction of sp³-hybridized carbons (Fsp3) is 0.222. The van der Waals surface area contributed by atoms with Crippen molar-refractivity contribution in [3.05, 3.63) is 78.9 Å². The maximum absolute atomic E-state index is 13.2. The zero-order valence-corrected chi connectivity index (χ0v) is 23.2. The molecule has 1 aliphatic rings. The summed E-state index contributed by atoms with van der Waals surface area (Å²) in [7, 11) is -3.58. The van der Waals surface area contributed by atoms with Crippen molar-refractivity contribution in [3.8, 4) is 17.1 Å². The second-order valence-corrected chi connectivity index (χ2v) is 12.4. The van der Waals surface area contributed by atoms with E-state index in [-0.39, 0.29) is 16.6 Å². The molecule has 0 bridgehead atoms. The number of hydrogen-bond acceptors (Lipinski definition) is 7. The number of carbonyl (C=O) groups is 1. The van der Waals surface area contributed by atoms with Gasteiger partial charge >= 0.3 is 0 Å². The van der Waals surface area contributed by atoms with Crippen LogP contribution in [0.5, 0.6) is 0 Å². The summed E-state index contributed by atoms with van der Waals surface area (Å²) in [5.74, 6) is 0.488. The number of sulfonamides is 1. The van der Waals surface area contributed by atoms with Crippen LogP contribution in [-0.2, 0) is 14.8 Å². The van der Waals surface area contributed by atoms with Crippen molar-refractivity contribution < 1.29 is 13.2 Å². The highest BCUT2D eigenvalue weighted by atomic mass is 32.2. The average Bonchev–Trinajstić information content (AvgIpc) is 3.64. The first-order chi connectivity index (χ1) is 18.5. The molecule has 0 radical (unpaired) electrons. The molecule has 196 valence electrons. The third kappa shape index (κ3) is 5.65. The molecular weight excluding hydrogens is 539 g/mol. The first-order valence-electron chi connectivity index (χ1n) is 12.1. The van der Waals surface area contributed by atoms with E-state index in [0.29, 0.717) is 29.6 Å². The second kappa shape index (κ2) is 11.7. The predicted molar refractivity (Wildman–Crippen MR) is 152 cm³/mol. The normalized spacial score (nSPS) is 14.0.